The minimum Gasteiger partial charge on any atom is -0.372 e. The number of pyridine rings is 2. The molecule has 0 unspecified atom stereocenters. The second kappa shape index (κ2) is 9.60. The van der Waals surface area contributed by atoms with Gasteiger partial charge in [-0.05, 0) is 61.7 Å². The van der Waals surface area contributed by atoms with Crippen molar-refractivity contribution in [3.63, 3.8) is 0 Å². The van der Waals surface area contributed by atoms with Crippen LogP contribution in [-0.2, 0) is 0 Å². The number of carbonyl (C=O) groups is 2. The van der Waals surface area contributed by atoms with Gasteiger partial charge in [-0.1, -0.05) is 6.07 Å². The SMILES string of the molecule is CNC(=O)c1ccnc(-c2cc(N3CCCCC3)ccc2N(C)C(=O)c2ccccn2)c1. The van der Waals surface area contributed by atoms with E-state index >= 15 is 0 Å². The van der Waals surface area contributed by atoms with E-state index in [9.17, 15) is 9.59 Å². The van der Waals surface area contributed by atoms with Gasteiger partial charge in [0.05, 0.1) is 11.4 Å². The third kappa shape index (κ3) is 4.46. The smallest absolute Gasteiger partial charge is 0.276 e. The van der Waals surface area contributed by atoms with Crippen molar-refractivity contribution in [2.24, 2.45) is 0 Å². The van der Waals surface area contributed by atoms with Gasteiger partial charge in [0, 0.05) is 56.4 Å². The fourth-order valence-corrected chi connectivity index (χ4v) is 4.00. The lowest BCUT2D eigenvalue weighted by Crippen LogP contribution is -2.30. The first-order valence-electron chi connectivity index (χ1n) is 10.8. The van der Waals surface area contributed by atoms with Crippen LogP contribution in [0.1, 0.15) is 40.1 Å². The van der Waals surface area contributed by atoms with Crippen molar-refractivity contribution in [3.05, 3.63) is 72.2 Å². The zero-order chi connectivity index (χ0) is 22.5. The summed E-state index contributed by atoms with van der Waals surface area (Å²) in [5.41, 5.74) is 4.13. The number of carbonyl (C=O) groups excluding carboxylic acids is 2. The van der Waals surface area contributed by atoms with Crippen molar-refractivity contribution < 1.29 is 9.59 Å². The predicted molar refractivity (Wildman–Crippen MR) is 126 cm³/mol. The Bertz CT molecular complexity index is 1110. The lowest BCUT2D eigenvalue weighted by Gasteiger charge is -2.30. The van der Waals surface area contributed by atoms with Crippen LogP contribution in [0.2, 0.25) is 0 Å². The summed E-state index contributed by atoms with van der Waals surface area (Å²) < 4.78 is 0. The maximum atomic E-state index is 13.1. The van der Waals surface area contributed by atoms with Crippen molar-refractivity contribution in [3.8, 4) is 11.3 Å². The first-order chi connectivity index (χ1) is 15.6. The van der Waals surface area contributed by atoms with Gasteiger partial charge in [0.2, 0.25) is 0 Å². The van der Waals surface area contributed by atoms with E-state index < -0.39 is 0 Å². The summed E-state index contributed by atoms with van der Waals surface area (Å²) >= 11 is 0. The molecule has 0 spiro atoms. The van der Waals surface area contributed by atoms with E-state index in [4.69, 9.17) is 0 Å². The van der Waals surface area contributed by atoms with E-state index in [0.29, 0.717) is 22.6 Å². The summed E-state index contributed by atoms with van der Waals surface area (Å²) in [6.07, 6.45) is 6.81. The molecule has 1 fully saturated rings. The zero-order valence-corrected chi connectivity index (χ0v) is 18.4. The molecule has 3 aromatic rings. The van der Waals surface area contributed by atoms with Crippen LogP contribution >= 0.6 is 0 Å². The molecule has 7 nitrogen and oxygen atoms in total. The van der Waals surface area contributed by atoms with Crippen molar-refractivity contribution in [2.75, 3.05) is 37.0 Å². The van der Waals surface area contributed by atoms with Gasteiger partial charge in [0.15, 0.2) is 0 Å². The van der Waals surface area contributed by atoms with Gasteiger partial charge in [-0.3, -0.25) is 19.6 Å². The maximum absolute atomic E-state index is 13.1. The van der Waals surface area contributed by atoms with Gasteiger partial charge in [-0.2, -0.15) is 0 Å². The van der Waals surface area contributed by atoms with Crippen LogP contribution in [0.3, 0.4) is 0 Å². The maximum Gasteiger partial charge on any atom is 0.276 e. The molecule has 0 bridgehead atoms. The molecule has 0 saturated carbocycles. The quantitative estimate of drug-likeness (QED) is 0.668. The molecule has 1 aliphatic rings. The number of aromatic nitrogens is 2. The molecule has 4 rings (SSSR count). The average molecular weight is 430 g/mol. The molecule has 2 amide bonds. The minimum absolute atomic E-state index is 0.180. The molecule has 1 N–H and O–H groups in total. The van der Waals surface area contributed by atoms with Gasteiger partial charge in [0.1, 0.15) is 5.69 Å². The van der Waals surface area contributed by atoms with Gasteiger partial charge in [0.25, 0.3) is 11.8 Å². The third-order valence-corrected chi connectivity index (χ3v) is 5.78. The molecule has 0 atom stereocenters. The Balaban J connectivity index is 1.79. The van der Waals surface area contributed by atoms with Gasteiger partial charge >= 0.3 is 0 Å². The highest BCUT2D eigenvalue weighted by Gasteiger charge is 2.21. The Morgan fingerprint density at radius 1 is 0.969 bits per heavy atom. The minimum atomic E-state index is -0.208. The van der Waals surface area contributed by atoms with Crippen molar-refractivity contribution in [1.29, 1.82) is 0 Å². The van der Waals surface area contributed by atoms with Crippen molar-refractivity contribution in [2.45, 2.75) is 19.3 Å². The lowest BCUT2D eigenvalue weighted by atomic mass is 10.0. The zero-order valence-electron chi connectivity index (χ0n) is 18.4. The Hall–Kier alpha value is -3.74. The van der Waals surface area contributed by atoms with E-state index in [1.54, 1.807) is 61.7 Å². The third-order valence-electron chi connectivity index (χ3n) is 5.78. The summed E-state index contributed by atoms with van der Waals surface area (Å²) in [6.45, 7) is 2.01. The Kier molecular flexibility index (Phi) is 6.44. The Labute approximate surface area is 188 Å². The van der Waals surface area contributed by atoms with E-state index in [-0.39, 0.29) is 11.8 Å². The largest absolute Gasteiger partial charge is 0.372 e. The number of amides is 2. The molecule has 32 heavy (non-hydrogen) atoms. The number of hydrogen-bond donors (Lipinski definition) is 1. The molecule has 3 heterocycles. The second-order valence-electron chi connectivity index (χ2n) is 7.84. The molecule has 0 aliphatic carbocycles. The van der Waals surface area contributed by atoms with Gasteiger partial charge in [-0.15, -0.1) is 0 Å². The van der Waals surface area contributed by atoms with E-state index in [2.05, 4.69) is 32.3 Å². The summed E-state index contributed by atoms with van der Waals surface area (Å²) in [5.74, 6) is -0.389. The van der Waals surface area contributed by atoms with Crippen LogP contribution < -0.4 is 15.1 Å². The lowest BCUT2D eigenvalue weighted by molar-refractivity contribution is 0.0960. The van der Waals surface area contributed by atoms with E-state index in [1.807, 2.05) is 6.07 Å². The highest BCUT2D eigenvalue weighted by Crippen LogP contribution is 2.35. The van der Waals surface area contributed by atoms with Gasteiger partial charge < -0.3 is 15.1 Å². The van der Waals surface area contributed by atoms with Crippen LogP contribution in [0.4, 0.5) is 11.4 Å². The summed E-state index contributed by atoms with van der Waals surface area (Å²) in [7, 11) is 3.34. The number of hydrogen-bond acceptors (Lipinski definition) is 5. The van der Waals surface area contributed by atoms with Crippen molar-refractivity contribution >= 4 is 23.2 Å². The fraction of sp³-hybridized carbons (Fsp3) is 0.280. The predicted octanol–water partition coefficient (Wildman–Crippen LogP) is 3.77. The first-order valence-corrected chi connectivity index (χ1v) is 10.8. The molecule has 1 aliphatic heterocycles. The summed E-state index contributed by atoms with van der Waals surface area (Å²) in [4.78, 5) is 38.0. The summed E-state index contributed by atoms with van der Waals surface area (Å²) in [6, 6.07) is 14.8. The van der Waals surface area contributed by atoms with Crippen LogP contribution in [-0.4, -0.2) is 49.0 Å². The Morgan fingerprint density at radius 3 is 2.50 bits per heavy atom. The number of nitrogens with one attached hydrogen (secondary N) is 1. The molecule has 1 saturated heterocycles. The number of piperidine rings is 1. The molecule has 1 aromatic carbocycles. The number of rotatable bonds is 5. The molecular formula is C25H27N5O2. The second-order valence-corrected chi connectivity index (χ2v) is 7.84. The van der Waals surface area contributed by atoms with Crippen molar-refractivity contribution in [1.82, 2.24) is 15.3 Å². The first kappa shape index (κ1) is 21.5. The molecule has 7 heteroatoms. The highest BCUT2D eigenvalue weighted by atomic mass is 16.2. The fourth-order valence-electron chi connectivity index (χ4n) is 4.00. The molecule has 0 radical (unpaired) electrons. The Morgan fingerprint density at radius 2 is 1.78 bits per heavy atom. The molecule has 2 aromatic heterocycles. The molecule has 164 valence electrons. The van der Waals surface area contributed by atoms with Gasteiger partial charge in [-0.25, -0.2) is 0 Å². The monoisotopic (exact) mass is 429 g/mol. The molecular weight excluding hydrogens is 402 g/mol. The number of anilines is 2. The summed E-state index contributed by atoms with van der Waals surface area (Å²) in [5, 5.41) is 2.65. The van der Waals surface area contributed by atoms with Crippen LogP contribution in [0.15, 0.2) is 60.9 Å². The standard InChI is InChI=1S/C25H27N5O2/c1-26-24(31)18-11-13-28-22(16-18)20-17-19(30-14-6-3-7-15-30)9-10-23(20)29(2)25(32)21-8-4-5-12-27-21/h4-5,8-13,16-17H,3,6-7,14-15H2,1-2H3,(H,26,31). The van der Waals surface area contributed by atoms with Crippen LogP contribution in [0.25, 0.3) is 11.3 Å². The normalized spacial score (nSPS) is 13.5. The highest BCUT2D eigenvalue weighted by molar-refractivity contribution is 6.07. The van der Waals surface area contributed by atoms with Crippen LogP contribution in [0, 0.1) is 0 Å². The van der Waals surface area contributed by atoms with E-state index in [1.165, 1.54) is 19.3 Å². The average Bonchev–Trinajstić information content (AvgIpc) is 2.88. The van der Waals surface area contributed by atoms with Crippen LogP contribution in [0.5, 0.6) is 0 Å². The van der Waals surface area contributed by atoms with E-state index in [0.717, 1.165) is 24.3 Å². The number of benzene rings is 1. The topological polar surface area (TPSA) is 78.4 Å². The number of nitrogens with zero attached hydrogens (tertiary/aromatic N) is 4.